The number of nitrogens with zero attached hydrogens (tertiary/aromatic N) is 1. The zero-order valence-corrected chi connectivity index (χ0v) is 11.5. The summed E-state index contributed by atoms with van der Waals surface area (Å²) in [6.07, 6.45) is 8.21. The SMILES string of the molecule is CSc1cccc2c1SN=CC1=C2C(=O)CC=C1. The minimum atomic E-state index is 0.181. The lowest BCUT2D eigenvalue weighted by molar-refractivity contribution is -0.113. The van der Waals surface area contributed by atoms with Crippen LogP contribution in [0, 0.1) is 0 Å². The Kier molecular flexibility index (Phi) is 3.14. The van der Waals surface area contributed by atoms with Crippen LogP contribution < -0.4 is 0 Å². The number of thioether (sulfide) groups is 1. The van der Waals surface area contributed by atoms with Crippen molar-refractivity contribution in [3.05, 3.63) is 41.5 Å². The van der Waals surface area contributed by atoms with E-state index in [0.717, 1.165) is 21.6 Å². The van der Waals surface area contributed by atoms with Crippen molar-refractivity contribution in [3.63, 3.8) is 0 Å². The molecule has 0 N–H and O–H groups in total. The number of carbonyl (C=O) groups excluding carboxylic acids is 1. The molecule has 90 valence electrons. The second kappa shape index (κ2) is 4.78. The van der Waals surface area contributed by atoms with E-state index in [1.165, 1.54) is 16.8 Å². The van der Waals surface area contributed by atoms with Gasteiger partial charge in [0, 0.05) is 46.2 Å². The number of carbonyl (C=O) groups is 1. The zero-order valence-electron chi connectivity index (χ0n) is 9.84. The average molecular weight is 273 g/mol. The van der Waals surface area contributed by atoms with E-state index in [4.69, 9.17) is 0 Å². The van der Waals surface area contributed by atoms with Gasteiger partial charge in [-0.3, -0.25) is 4.79 Å². The molecule has 0 amide bonds. The molecule has 1 aromatic carbocycles. The van der Waals surface area contributed by atoms with E-state index in [0.29, 0.717) is 6.42 Å². The van der Waals surface area contributed by atoms with Crippen LogP contribution in [-0.2, 0) is 4.79 Å². The Morgan fingerprint density at radius 1 is 1.39 bits per heavy atom. The van der Waals surface area contributed by atoms with Gasteiger partial charge in [-0.15, -0.1) is 11.8 Å². The van der Waals surface area contributed by atoms with Gasteiger partial charge in [0.1, 0.15) is 0 Å². The molecular formula is C14H11NOS2. The molecule has 0 radical (unpaired) electrons. The van der Waals surface area contributed by atoms with E-state index in [9.17, 15) is 4.79 Å². The summed E-state index contributed by atoms with van der Waals surface area (Å²) in [5.74, 6) is 0.181. The summed E-state index contributed by atoms with van der Waals surface area (Å²) in [5, 5.41) is 0. The van der Waals surface area contributed by atoms with Crippen LogP contribution in [0.1, 0.15) is 12.0 Å². The molecule has 1 heterocycles. The second-order valence-corrected chi connectivity index (χ2v) is 5.67. The average Bonchev–Trinajstić information content (AvgIpc) is 2.58. The third-order valence-electron chi connectivity index (χ3n) is 2.97. The lowest BCUT2D eigenvalue weighted by Gasteiger charge is -2.14. The molecular weight excluding hydrogens is 262 g/mol. The summed E-state index contributed by atoms with van der Waals surface area (Å²) in [7, 11) is 0. The molecule has 18 heavy (non-hydrogen) atoms. The lowest BCUT2D eigenvalue weighted by Crippen LogP contribution is -2.08. The molecule has 0 unspecified atom stereocenters. The summed E-state index contributed by atoms with van der Waals surface area (Å²) < 4.78 is 4.36. The molecule has 1 aromatic rings. The van der Waals surface area contributed by atoms with Crippen LogP contribution >= 0.6 is 23.7 Å². The predicted octanol–water partition coefficient (Wildman–Crippen LogP) is 3.78. The summed E-state index contributed by atoms with van der Waals surface area (Å²) in [6.45, 7) is 0. The Balaban J connectivity index is 2.28. The van der Waals surface area contributed by atoms with Crippen molar-refractivity contribution in [1.29, 1.82) is 0 Å². The summed E-state index contributed by atoms with van der Waals surface area (Å²) >= 11 is 3.14. The number of ketones is 1. The molecule has 3 rings (SSSR count). The van der Waals surface area contributed by atoms with Gasteiger partial charge in [-0.05, 0) is 12.3 Å². The highest BCUT2D eigenvalue weighted by molar-refractivity contribution is 8.01. The van der Waals surface area contributed by atoms with E-state index in [2.05, 4.69) is 10.5 Å². The first kappa shape index (κ1) is 11.8. The van der Waals surface area contributed by atoms with Gasteiger partial charge in [0.2, 0.25) is 0 Å². The third-order valence-corrected chi connectivity index (χ3v) is 4.71. The van der Waals surface area contributed by atoms with E-state index >= 15 is 0 Å². The summed E-state index contributed by atoms with van der Waals surface area (Å²) in [5.41, 5.74) is 2.77. The quantitative estimate of drug-likeness (QED) is 0.576. The first-order valence-electron chi connectivity index (χ1n) is 5.63. The van der Waals surface area contributed by atoms with Gasteiger partial charge in [-0.25, -0.2) is 4.40 Å². The van der Waals surface area contributed by atoms with Crippen LogP contribution in [0.5, 0.6) is 0 Å². The van der Waals surface area contributed by atoms with E-state index in [1.807, 2.05) is 30.5 Å². The van der Waals surface area contributed by atoms with Crippen LogP contribution in [-0.4, -0.2) is 18.3 Å². The molecule has 0 fully saturated rings. The van der Waals surface area contributed by atoms with Gasteiger partial charge in [0.05, 0.1) is 4.90 Å². The molecule has 0 saturated carbocycles. The Morgan fingerprint density at radius 3 is 3.11 bits per heavy atom. The molecule has 1 aliphatic heterocycles. The second-order valence-electron chi connectivity index (χ2n) is 4.02. The third kappa shape index (κ3) is 1.85. The highest BCUT2D eigenvalue weighted by atomic mass is 32.2. The van der Waals surface area contributed by atoms with Crippen LogP contribution in [0.3, 0.4) is 0 Å². The molecule has 1 aliphatic carbocycles. The highest BCUT2D eigenvalue weighted by Crippen LogP contribution is 2.40. The van der Waals surface area contributed by atoms with Crippen LogP contribution in [0.15, 0.2) is 50.1 Å². The van der Waals surface area contributed by atoms with E-state index in [-0.39, 0.29) is 5.78 Å². The maximum atomic E-state index is 12.2. The van der Waals surface area contributed by atoms with Crippen molar-refractivity contribution < 1.29 is 4.79 Å². The molecule has 2 aliphatic rings. The topological polar surface area (TPSA) is 29.4 Å². The van der Waals surface area contributed by atoms with E-state index < -0.39 is 0 Å². The molecule has 2 nitrogen and oxygen atoms in total. The largest absolute Gasteiger partial charge is 0.294 e. The van der Waals surface area contributed by atoms with Crippen LogP contribution in [0.25, 0.3) is 5.57 Å². The first-order valence-corrected chi connectivity index (χ1v) is 7.63. The van der Waals surface area contributed by atoms with Crippen molar-refractivity contribution in [3.8, 4) is 0 Å². The minimum Gasteiger partial charge on any atom is -0.294 e. The van der Waals surface area contributed by atoms with Crippen molar-refractivity contribution in [2.45, 2.75) is 16.2 Å². The maximum absolute atomic E-state index is 12.2. The lowest BCUT2D eigenvalue weighted by atomic mass is 9.91. The smallest absolute Gasteiger partial charge is 0.167 e. The Labute approximate surface area is 114 Å². The summed E-state index contributed by atoms with van der Waals surface area (Å²) in [6, 6.07) is 6.09. The normalized spacial score (nSPS) is 17.5. The van der Waals surface area contributed by atoms with E-state index in [1.54, 1.807) is 18.0 Å². The molecule has 0 atom stereocenters. The molecule has 4 heteroatoms. The number of fused-ring (bicyclic) bond motifs is 2. The van der Waals surface area contributed by atoms with Gasteiger partial charge < -0.3 is 0 Å². The fourth-order valence-electron chi connectivity index (χ4n) is 2.16. The van der Waals surface area contributed by atoms with Gasteiger partial charge in [0.25, 0.3) is 0 Å². The Hall–Kier alpha value is -1.26. The standard InChI is InChI=1S/C14H11NOS2/c1-17-12-7-3-5-10-13-9(4-2-6-11(13)16)8-15-18-14(10)12/h2-5,7-8H,6H2,1H3. The molecule has 0 spiro atoms. The number of allylic oxidation sites excluding steroid dienone is 4. The molecule has 0 saturated heterocycles. The maximum Gasteiger partial charge on any atom is 0.167 e. The molecule has 0 bridgehead atoms. The fraction of sp³-hybridized carbons (Fsp3) is 0.143. The monoisotopic (exact) mass is 273 g/mol. The zero-order chi connectivity index (χ0) is 12.5. The van der Waals surface area contributed by atoms with Gasteiger partial charge in [0.15, 0.2) is 5.78 Å². The van der Waals surface area contributed by atoms with Crippen LogP contribution in [0.2, 0.25) is 0 Å². The van der Waals surface area contributed by atoms with Crippen molar-refractivity contribution in [2.75, 3.05) is 6.26 Å². The number of hydrogen-bond donors (Lipinski definition) is 0. The number of rotatable bonds is 1. The first-order chi connectivity index (χ1) is 8.81. The number of Topliss-reactive ketones (excluding diaryl/α,β-unsaturated/α-hetero) is 1. The van der Waals surface area contributed by atoms with Gasteiger partial charge in [-0.1, -0.05) is 24.3 Å². The fourth-order valence-corrected chi connectivity index (χ4v) is 3.73. The number of hydrogen-bond acceptors (Lipinski definition) is 4. The van der Waals surface area contributed by atoms with Crippen molar-refractivity contribution >= 4 is 41.3 Å². The van der Waals surface area contributed by atoms with Crippen LogP contribution in [0.4, 0.5) is 0 Å². The Bertz CT molecular complexity index is 614. The number of benzene rings is 1. The predicted molar refractivity (Wildman–Crippen MR) is 78.3 cm³/mol. The summed E-state index contributed by atoms with van der Waals surface area (Å²) in [4.78, 5) is 14.4. The minimum absolute atomic E-state index is 0.181. The van der Waals surface area contributed by atoms with Crippen molar-refractivity contribution in [1.82, 2.24) is 0 Å². The van der Waals surface area contributed by atoms with Gasteiger partial charge >= 0.3 is 0 Å². The van der Waals surface area contributed by atoms with Gasteiger partial charge in [-0.2, -0.15) is 0 Å². The van der Waals surface area contributed by atoms with Crippen molar-refractivity contribution in [2.24, 2.45) is 4.40 Å². The molecule has 0 aromatic heterocycles. The Morgan fingerprint density at radius 2 is 2.28 bits per heavy atom. The highest BCUT2D eigenvalue weighted by Gasteiger charge is 2.23.